The van der Waals surface area contributed by atoms with E-state index in [1.165, 1.54) is 5.56 Å². The molecule has 4 rings (SSSR count). The van der Waals surface area contributed by atoms with Crippen molar-refractivity contribution in [1.29, 1.82) is 0 Å². The fraction of sp³-hybridized carbons (Fsp3) is 0.409. The van der Waals surface area contributed by atoms with Gasteiger partial charge in [0.25, 0.3) is 0 Å². The number of ether oxygens (including phenoxy) is 1. The highest BCUT2D eigenvalue weighted by atomic mass is 35.5. The van der Waals surface area contributed by atoms with Gasteiger partial charge in [-0.15, -0.1) is 12.4 Å². The Balaban J connectivity index is 0.00000272. The van der Waals surface area contributed by atoms with Crippen molar-refractivity contribution in [1.82, 2.24) is 24.6 Å². The first-order valence-corrected chi connectivity index (χ1v) is 10.3. The lowest BCUT2D eigenvalue weighted by Crippen LogP contribution is -2.46. The smallest absolute Gasteiger partial charge is 0.155 e. The largest absolute Gasteiger partial charge is 0.394 e. The van der Waals surface area contributed by atoms with Gasteiger partial charge in [0.1, 0.15) is 5.69 Å². The second-order valence-corrected chi connectivity index (χ2v) is 7.46. The molecule has 8 nitrogen and oxygen atoms in total. The van der Waals surface area contributed by atoms with Crippen LogP contribution in [0, 0.1) is 0 Å². The molecule has 0 aliphatic carbocycles. The molecule has 3 aromatic rings. The normalized spacial score (nSPS) is 14.5. The van der Waals surface area contributed by atoms with Crippen molar-refractivity contribution in [3.63, 3.8) is 0 Å². The number of aliphatic hydroxyl groups is 1. The van der Waals surface area contributed by atoms with Gasteiger partial charge in [0.2, 0.25) is 0 Å². The second kappa shape index (κ2) is 11.2. The molecule has 3 heterocycles. The molecule has 1 N–H and O–H groups in total. The lowest BCUT2D eigenvalue weighted by atomic mass is 10.1. The Kier molecular flexibility index (Phi) is 8.36. The van der Waals surface area contributed by atoms with Crippen LogP contribution >= 0.6 is 12.4 Å². The zero-order valence-corrected chi connectivity index (χ0v) is 18.5. The lowest BCUT2D eigenvalue weighted by molar-refractivity contribution is 0.185. The fourth-order valence-electron chi connectivity index (χ4n) is 3.78. The van der Waals surface area contributed by atoms with Crippen molar-refractivity contribution in [2.45, 2.75) is 19.7 Å². The number of hydrogen-bond acceptors (Lipinski definition) is 7. The van der Waals surface area contributed by atoms with E-state index in [2.05, 4.69) is 49.1 Å². The van der Waals surface area contributed by atoms with E-state index >= 15 is 0 Å². The third kappa shape index (κ3) is 5.80. The second-order valence-electron chi connectivity index (χ2n) is 7.46. The molecule has 0 amide bonds. The average molecular weight is 445 g/mol. The van der Waals surface area contributed by atoms with E-state index in [1.54, 1.807) is 24.2 Å². The topological polar surface area (TPSA) is 79.5 Å². The number of piperazine rings is 1. The summed E-state index contributed by atoms with van der Waals surface area (Å²) in [5.41, 5.74) is 4.30. The predicted molar refractivity (Wildman–Crippen MR) is 122 cm³/mol. The highest BCUT2D eigenvalue weighted by molar-refractivity contribution is 5.85. The zero-order valence-electron chi connectivity index (χ0n) is 17.7. The van der Waals surface area contributed by atoms with E-state index in [0.29, 0.717) is 13.2 Å². The highest BCUT2D eigenvalue weighted by Gasteiger charge is 2.21. The van der Waals surface area contributed by atoms with Gasteiger partial charge >= 0.3 is 0 Å². The molecule has 0 spiro atoms. The SMILES string of the molecule is COCc1ccc(-c2nccnc2N2CCN(Cc3cnn(CCO)c3)CC2)cc1.Cl. The Hall–Kier alpha value is -2.52. The van der Waals surface area contributed by atoms with Crippen LogP contribution in [0.2, 0.25) is 0 Å². The summed E-state index contributed by atoms with van der Waals surface area (Å²) < 4.78 is 6.99. The maximum Gasteiger partial charge on any atom is 0.155 e. The van der Waals surface area contributed by atoms with Crippen LogP contribution in [-0.4, -0.2) is 69.7 Å². The maximum atomic E-state index is 9.04. The number of methoxy groups -OCH3 is 1. The highest BCUT2D eigenvalue weighted by Crippen LogP contribution is 2.27. The molecule has 9 heteroatoms. The summed E-state index contributed by atoms with van der Waals surface area (Å²) in [5.74, 6) is 0.937. The minimum Gasteiger partial charge on any atom is -0.394 e. The number of aliphatic hydroxyl groups excluding tert-OH is 1. The van der Waals surface area contributed by atoms with E-state index in [9.17, 15) is 0 Å². The summed E-state index contributed by atoms with van der Waals surface area (Å²) in [4.78, 5) is 14.0. The molecule has 0 unspecified atom stereocenters. The molecule has 31 heavy (non-hydrogen) atoms. The van der Waals surface area contributed by atoms with Crippen LogP contribution in [0.1, 0.15) is 11.1 Å². The Morgan fingerprint density at radius 3 is 2.45 bits per heavy atom. The third-order valence-electron chi connectivity index (χ3n) is 5.31. The number of anilines is 1. The summed E-state index contributed by atoms with van der Waals surface area (Å²) in [5, 5.41) is 13.3. The first-order chi connectivity index (χ1) is 14.8. The van der Waals surface area contributed by atoms with E-state index in [1.807, 2.05) is 12.4 Å². The molecule has 0 bridgehead atoms. The Labute approximate surface area is 188 Å². The number of halogens is 1. The van der Waals surface area contributed by atoms with Gasteiger partial charge in [0.05, 0.1) is 26.0 Å². The predicted octanol–water partition coefficient (Wildman–Crippen LogP) is 2.22. The quantitative estimate of drug-likeness (QED) is 0.570. The Morgan fingerprint density at radius 2 is 1.74 bits per heavy atom. The van der Waals surface area contributed by atoms with Crippen molar-refractivity contribution in [2.24, 2.45) is 0 Å². The number of hydrogen-bond donors (Lipinski definition) is 1. The molecule has 1 saturated heterocycles. The van der Waals surface area contributed by atoms with Crippen molar-refractivity contribution >= 4 is 18.2 Å². The average Bonchev–Trinajstić information content (AvgIpc) is 3.22. The molecule has 0 atom stereocenters. The van der Waals surface area contributed by atoms with Gasteiger partial charge in [-0.2, -0.15) is 5.10 Å². The van der Waals surface area contributed by atoms with Gasteiger partial charge in [0, 0.05) is 69.6 Å². The van der Waals surface area contributed by atoms with Crippen LogP contribution in [-0.2, 0) is 24.4 Å². The van der Waals surface area contributed by atoms with Crippen molar-refractivity contribution < 1.29 is 9.84 Å². The fourth-order valence-corrected chi connectivity index (χ4v) is 3.78. The minimum atomic E-state index is 0. The first kappa shape index (κ1) is 23.1. The van der Waals surface area contributed by atoms with E-state index in [0.717, 1.165) is 55.4 Å². The lowest BCUT2D eigenvalue weighted by Gasteiger charge is -2.35. The van der Waals surface area contributed by atoms with Gasteiger partial charge < -0.3 is 14.7 Å². The van der Waals surface area contributed by atoms with Crippen LogP contribution in [0.25, 0.3) is 11.3 Å². The van der Waals surface area contributed by atoms with Crippen molar-refractivity contribution in [3.05, 3.63) is 60.2 Å². The van der Waals surface area contributed by atoms with E-state index in [4.69, 9.17) is 9.84 Å². The van der Waals surface area contributed by atoms with Crippen LogP contribution in [0.4, 0.5) is 5.82 Å². The van der Waals surface area contributed by atoms with Crippen LogP contribution in [0.15, 0.2) is 49.1 Å². The van der Waals surface area contributed by atoms with Crippen LogP contribution in [0.3, 0.4) is 0 Å². The zero-order chi connectivity index (χ0) is 20.8. The number of nitrogens with zero attached hydrogens (tertiary/aromatic N) is 6. The van der Waals surface area contributed by atoms with Crippen LogP contribution in [0.5, 0.6) is 0 Å². The number of aromatic nitrogens is 4. The summed E-state index contributed by atoms with van der Waals surface area (Å²) in [7, 11) is 1.70. The van der Waals surface area contributed by atoms with Gasteiger partial charge in [0.15, 0.2) is 5.82 Å². The molecule has 0 saturated carbocycles. The molecule has 1 fully saturated rings. The Bertz CT molecular complexity index is 941. The maximum absolute atomic E-state index is 9.04. The molecule has 2 aromatic heterocycles. The van der Waals surface area contributed by atoms with E-state index < -0.39 is 0 Å². The van der Waals surface area contributed by atoms with Gasteiger partial charge in [-0.1, -0.05) is 24.3 Å². The Morgan fingerprint density at radius 1 is 1.00 bits per heavy atom. The third-order valence-corrected chi connectivity index (χ3v) is 5.31. The molecule has 166 valence electrons. The summed E-state index contributed by atoms with van der Waals surface area (Å²) in [6, 6.07) is 8.32. The summed E-state index contributed by atoms with van der Waals surface area (Å²) in [6.07, 6.45) is 7.41. The summed E-state index contributed by atoms with van der Waals surface area (Å²) in [6.45, 7) is 5.82. The minimum absolute atomic E-state index is 0. The van der Waals surface area contributed by atoms with Crippen LogP contribution < -0.4 is 4.90 Å². The first-order valence-electron chi connectivity index (χ1n) is 10.3. The van der Waals surface area contributed by atoms with Crippen molar-refractivity contribution in [3.8, 4) is 11.3 Å². The summed E-state index contributed by atoms with van der Waals surface area (Å²) >= 11 is 0. The molecule has 1 aliphatic heterocycles. The number of benzene rings is 1. The van der Waals surface area contributed by atoms with Crippen molar-refractivity contribution in [2.75, 3.05) is 44.8 Å². The standard InChI is InChI=1S/C22H28N6O2.ClH/c1-30-17-18-2-4-20(5-3-18)21-22(24-7-6-23-21)27-10-8-26(9-11-27)15-19-14-25-28(16-19)12-13-29;/h2-7,14,16,29H,8-13,15,17H2,1H3;1H. The van der Waals surface area contributed by atoms with E-state index in [-0.39, 0.29) is 19.0 Å². The van der Waals surface area contributed by atoms with Gasteiger partial charge in [-0.05, 0) is 5.56 Å². The molecular formula is C22H29ClN6O2. The molecule has 1 aliphatic rings. The monoisotopic (exact) mass is 444 g/mol. The van der Waals surface area contributed by atoms with Gasteiger partial charge in [-0.3, -0.25) is 14.6 Å². The van der Waals surface area contributed by atoms with Gasteiger partial charge in [-0.25, -0.2) is 4.98 Å². The molecule has 0 radical (unpaired) electrons. The number of rotatable bonds is 8. The molecule has 1 aromatic carbocycles. The molecular weight excluding hydrogens is 416 g/mol.